The summed E-state index contributed by atoms with van der Waals surface area (Å²) in [6.07, 6.45) is -0.347. The summed E-state index contributed by atoms with van der Waals surface area (Å²) >= 11 is 0. The van der Waals surface area contributed by atoms with E-state index in [2.05, 4.69) is 5.32 Å². The molecule has 2 aromatic carbocycles. The van der Waals surface area contributed by atoms with E-state index in [0.717, 1.165) is 0 Å². The maximum Gasteiger partial charge on any atom is 0.305 e. The van der Waals surface area contributed by atoms with Gasteiger partial charge in [-0.25, -0.2) is 4.39 Å². The first-order chi connectivity index (χ1) is 11.5. The number of halogens is 1. The Kier molecular flexibility index (Phi) is 4.33. The first-order valence-corrected chi connectivity index (χ1v) is 7.21. The van der Waals surface area contributed by atoms with Gasteiger partial charge in [0.05, 0.1) is 18.0 Å². The van der Waals surface area contributed by atoms with Crippen LogP contribution in [0.2, 0.25) is 0 Å². The van der Waals surface area contributed by atoms with Crippen LogP contribution in [0.25, 0.3) is 0 Å². The van der Waals surface area contributed by atoms with Crippen LogP contribution in [0, 0.1) is 5.82 Å². The molecule has 7 heteroatoms. The lowest BCUT2D eigenvalue weighted by molar-refractivity contribution is -0.137. The minimum atomic E-state index is -1.09. The summed E-state index contributed by atoms with van der Waals surface area (Å²) in [5.74, 6) is -1.42. The number of carbonyl (C=O) groups is 2. The molecule has 6 nitrogen and oxygen atoms in total. The number of aliphatic carboxylic acids is 1. The predicted octanol–water partition coefficient (Wildman–Crippen LogP) is 2.50. The minimum Gasteiger partial charge on any atom is -0.481 e. The Labute approximate surface area is 136 Å². The zero-order chi connectivity index (χ0) is 17.1. The summed E-state index contributed by atoms with van der Waals surface area (Å²) in [7, 11) is 0. The number of carboxylic acid groups (broad SMARTS) is 1. The molecule has 0 unspecified atom stereocenters. The molecule has 2 N–H and O–H groups in total. The Morgan fingerprint density at radius 3 is 2.67 bits per heavy atom. The summed E-state index contributed by atoms with van der Waals surface area (Å²) in [4.78, 5) is 23.4. The highest BCUT2D eigenvalue weighted by molar-refractivity contribution is 5.95. The number of hydrogen-bond acceptors (Lipinski definition) is 4. The van der Waals surface area contributed by atoms with Crippen molar-refractivity contribution in [2.45, 2.75) is 12.5 Å². The molecule has 0 fully saturated rings. The zero-order valence-corrected chi connectivity index (χ0v) is 12.5. The third-order valence-corrected chi connectivity index (χ3v) is 3.60. The van der Waals surface area contributed by atoms with E-state index in [4.69, 9.17) is 14.6 Å². The first-order valence-electron chi connectivity index (χ1n) is 7.21. The lowest BCUT2D eigenvalue weighted by atomic mass is 10.0. The topological polar surface area (TPSA) is 84.9 Å². The molecule has 0 aliphatic carbocycles. The van der Waals surface area contributed by atoms with Gasteiger partial charge in [-0.2, -0.15) is 0 Å². The lowest BCUT2D eigenvalue weighted by Gasteiger charge is -2.18. The minimum absolute atomic E-state index is 0.0873. The second kappa shape index (κ2) is 6.57. The number of hydrogen-bond donors (Lipinski definition) is 2. The van der Waals surface area contributed by atoms with Gasteiger partial charge in [0, 0.05) is 0 Å². The third-order valence-electron chi connectivity index (χ3n) is 3.60. The molecule has 0 saturated carbocycles. The highest BCUT2D eigenvalue weighted by Crippen LogP contribution is 2.34. The molecular formula is C17H14FNO5. The van der Waals surface area contributed by atoms with Crippen LogP contribution in [0.5, 0.6) is 11.5 Å². The summed E-state index contributed by atoms with van der Waals surface area (Å²) in [5, 5.41) is 11.7. The van der Waals surface area contributed by atoms with E-state index >= 15 is 0 Å². The van der Waals surface area contributed by atoms with Crippen molar-refractivity contribution < 1.29 is 28.6 Å². The fourth-order valence-electron chi connectivity index (χ4n) is 2.44. The highest BCUT2D eigenvalue weighted by Gasteiger charge is 2.23. The first kappa shape index (κ1) is 15.8. The van der Waals surface area contributed by atoms with Crippen LogP contribution < -0.4 is 14.8 Å². The van der Waals surface area contributed by atoms with Crippen molar-refractivity contribution in [3.05, 3.63) is 59.4 Å². The van der Waals surface area contributed by atoms with Crippen molar-refractivity contribution >= 4 is 11.9 Å². The molecule has 24 heavy (non-hydrogen) atoms. The summed E-state index contributed by atoms with van der Waals surface area (Å²) in [6, 6.07) is 9.57. The molecule has 0 aromatic heterocycles. The summed E-state index contributed by atoms with van der Waals surface area (Å²) in [6.45, 7) is 0.0873. The number of carbonyl (C=O) groups excluding carboxylic acids is 1. The smallest absolute Gasteiger partial charge is 0.305 e. The van der Waals surface area contributed by atoms with E-state index in [1.807, 2.05) is 0 Å². The van der Waals surface area contributed by atoms with E-state index in [0.29, 0.717) is 17.1 Å². The Bertz CT molecular complexity index is 792. The van der Waals surface area contributed by atoms with Gasteiger partial charge in [-0.15, -0.1) is 0 Å². The molecule has 1 amide bonds. The predicted molar refractivity (Wildman–Crippen MR) is 81.4 cm³/mol. The molecular weight excluding hydrogens is 317 g/mol. The number of amides is 1. The Balaban J connectivity index is 1.85. The van der Waals surface area contributed by atoms with Gasteiger partial charge in [-0.1, -0.05) is 18.2 Å². The average molecular weight is 331 g/mol. The van der Waals surface area contributed by atoms with Crippen LogP contribution in [-0.2, 0) is 4.79 Å². The molecule has 1 heterocycles. The van der Waals surface area contributed by atoms with Gasteiger partial charge in [0.25, 0.3) is 5.91 Å². The molecule has 1 aliphatic heterocycles. The SMILES string of the molecule is O=C(O)C[C@H](NC(=O)c1ccccc1F)c1ccc2c(c1)OCO2. The molecule has 0 spiro atoms. The molecule has 1 atom stereocenters. The highest BCUT2D eigenvalue weighted by atomic mass is 19.1. The van der Waals surface area contributed by atoms with Crippen molar-refractivity contribution in [1.82, 2.24) is 5.32 Å². The van der Waals surface area contributed by atoms with Gasteiger partial charge in [-0.05, 0) is 29.8 Å². The van der Waals surface area contributed by atoms with E-state index in [-0.39, 0.29) is 18.8 Å². The standard InChI is InChI=1S/C17H14FNO5/c18-12-4-2-1-3-11(12)17(22)19-13(8-16(20)21)10-5-6-14-15(7-10)24-9-23-14/h1-7,13H,8-9H2,(H,19,22)(H,20,21)/t13-/m0/s1. The quantitative estimate of drug-likeness (QED) is 0.879. The Morgan fingerprint density at radius 2 is 1.92 bits per heavy atom. The van der Waals surface area contributed by atoms with Crippen LogP contribution in [0.3, 0.4) is 0 Å². The molecule has 0 radical (unpaired) electrons. The molecule has 3 rings (SSSR count). The van der Waals surface area contributed by atoms with Gasteiger partial charge in [0.1, 0.15) is 5.82 Å². The molecule has 0 saturated heterocycles. The molecule has 1 aliphatic rings. The van der Waals surface area contributed by atoms with Gasteiger partial charge < -0.3 is 19.9 Å². The van der Waals surface area contributed by atoms with E-state index in [1.54, 1.807) is 18.2 Å². The number of ether oxygens (including phenoxy) is 2. The summed E-state index contributed by atoms with van der Waals surface area (Å²) in [5.41, 5.74) is 0.389. The van der Waals surface area contributed by atoms with Crippen LogP contribution in [-0.4, -0.2) is 23.8 Å². The van der Waals surface area contributed by atoms with Crippen molar-refractivity contribution in [1.29, 1.82) is 0 Å². The monoisotopic (exact) mass is 331 g/mol. The third kappa shape index (κ3) is 3.29. The molecule has 124 valence electrons. The van der Waals surface area contributed by atoms with Crippen LogP contribution in [0.4, 0.5) is 4.39 Å². The Hall–Kier alpha value is -3.09. The lowest BCUT2D eigenvalue weighted by Crippen LogP contribution is -2.30. The van der Waals surface area contributed by atoms with Gasteiger partial charge in [-0.3, -0.25) is 9.59 Å². The molecule has 0 bridgehead atoms. The van der Waals surface area contributed by atoms with E-state index < -0.39 is 23.7 Å². The van der Waals surface area contributed by atoms with E-state index in [1.165, 1.54) is 24.3 Å². The van der Waals surface area contributed by atoms with Gasteiger partial charge in [0.2, 0.25) is 6.79 Å². The maximum atomic E-state index is 13.7. The van der Waals surface area contributed by atoms with Crippen LogP contribution >= 0.6 is 0 Å². The van der Waals surface area contributed by atoms with Crippen molar-refractivity contribution in [3.8, 4) is 11.5 Å². The van der Waals surface area contributed by atoms with Crippen LogP contribution in [0.15, 0.2) is 42.5 Å². The summed E-state index contributed by atoms with van der Waals surface area (Å²) < 4.78 is 24.2. The fraction of sp³-hybridized carbons (Fsp3) is 0.176. The van der Waals surface area contributed by atoms with Gasteiger partial charge >= 0.3 is 5.97 Å². The van der Waals surface area contributed by atoms with Crippen molar-refractivity contribution in [2.75, 3.05) is 6.79 Å². The number of benzene rings is 2. The van der Waals surface area contributed by atoms with Crippen LogP contribution in [0.1, 0.15) is 28.4 Å². The number of nitrogens with one attached hydrogen (secondary N) is 1. The van der Waals surface area contributed by atoms with E-state index in [9.17, 15) is 14.0 Å². The second-order valence-corrected chi connectivity index (χ2v) is 5.22. The number of rotatable bonds is 5. The Morgan fingerprint density at radius 1 is 1.17 bits per heavy atom. The largest absolute Gasteiger partial charge is 0.481 e. The van der Waals surface area contributed by atoms with Gasteiger partial charge in [0.15, 0.2) is 11.5 Å². The normalized spacial score (nSPS) is 13.4. The number of fused-ring (bicyclic) bond motifs is 1. The van der Waals surface area contributed by atoms with Crippen molar-refractivity contribution in [3.63, 3.8) is 0 Å². The fourth-order valence-corrected chi connectivity index (χ4v) is 2.44. The number of carboxylic acids is 1. The second-order valence-electron chi connectivity index (χ2n) is 5.22. The zero-order valence-electron chi connectivity index (χ0n) is 12.5. The average Bonchev–Trinajstić information content (AvgIpc) is 3.01. The molecule has 2 aromatic rings. The van der Waals surface area contributed by atoms with Crippen molar-refractivity contribution in [2.24, 2.45) is 0 Å². The maximum absolute atomic E-state index is 13.7.